The molecule has 0 aliphatic heterocycles. The van der Waals surface area contributed by atoms with Gasteiger partial charge in [0.2, 0.25) is 22.9 Å². The maximum Gasteiger partial charge on any atom is 0.346 e. The fourth-order valence-corrected chi connectivity index (χ4v) is 2.49. The molecule has 2 aromatic heterocycles. The van der Waals surface area contributed by atoms with Gasteiger partial charge in [0.05, 0.1) is 7.11 Å². The van der Waals surface area contributed by atoms with Crippen LogP contribution in [0.5, 0.6) is 5.88 Å². The maximum atomic E-state index is 12.1. The van der Waals surface area contributed by atoms with E-state index >= 15 is 0 Å². The highest BCUT2D eigenvalue weighted by Gasteiger charge is 2.13. The predicted octanol–water partition coefficient (Wildman–Crippen LogP) is 1.58. The summed E-state index contributed by atoms with van der Waals surface area (Å²) >= 11 is -1.94. The third kappa shape index (κ3) is 4.70. The topological polar surface area (TPSA) is 115 Å². The van der Waals surface area contributed by atoms with Gasteiger partial charge >= 0.3 is 6.03 Å². The second-order valence-electron chi connectivity index (χ2n) is 4.82. The average molecular weight is 351 g/mol. The number of urea groups is 1. The number of hydroxylamine groups is 1. The summed E-state index contributed by atoms with van der Waals surface area (Å²) in [5.74, 6) is 0.338. The van der Waals surface area contributed by atoms with E-state index < -0.39 is 17.1 Å². The second kappa shape index (κ2) is 7.79. The Labute approximate surface area is 141 Å². The van der Waals surface area contributed by atoms with E-state index in [1.165, 1.54) is 7.11 Å². The van der Waals surface area contributed by atoms with E-state index in [4.69, 9.17) is 9.02 Å². The lowest BCUT2D eigenvalue weighted by molar-refractivity contribution is 0.200. The molecule has 24 heavy (non-hydrogen) atoms. The Morgan fingerprint density at radius 1 is 1.12 bits per heavy atom. The lowest BCUT2D eigenvalue weighted by atomic mass is 10.3. The van der Waals surface area contributed by atoms with Crippen LogP contribution < -0.4 is 15.5 Å². The van der Waals surface area contributed by atoms with Crippen molar-refractivity contribution < 1.29 is 18.0 Å². The Morgan fingerprint density at radius 2 is 1.88 bits per heavy atom. The molecule has 2 aromatic rings. The minimum Gasteiger partial charge on any atom is -0.481 e. The molecule has 2 N–H and O–H groups in total. The number of pyridine rings is 1. The largest absolute Gasteiger partial charge is 0.481 e. The molecule has 0 aliphatic rings. The number of ether oxygens (including phenoxy) is 1. The van der Waals surface area contributed by atoms with Crippen molar-refractivity contribution in [3.63, 3.8) is 0 Å². The number of hydrogen-bond acceptors (Lipinski definition) is 7. The summed E-state index contributed by atoms with van der Waals surface area (Å²) < 4.78 is 21.9. The standard InChI is InChI=1S/C14H17N5O4S/c1-8-5-6-9(2)15-12(8)24(21)23-19-14(20)18-13-16-10(3)7-11(17-13)22-4/h5-7H,1-4H3,(H2,16,17,18,19,20). The van der Waals surface area contributed by atoms with Gasteiger partial charge < -0.3 is 4.74 Å². The summed E-state index contributed by atoms with van der Waals surface area (Å²) in [6.45, 7) is 5.24. The molecule has 0 bridgehead atoms. The number of aryl methyl sites for hydroxylation is 3. The minimum atomic E-state index is -1.94. The van der Waals surface area contributed by atoms with E-state index in [1.807, 2.05) is 5.48 Å². The molecule has 128 valence electrons. The molecule has 1 unspecified atom stereocenters. The first-order valence-electron chi connectivity index (χ1n) is 6.89. The summed E-state index contributed by atoms with van der Waals surface area (Å²) in [5, 5.41) is 2.60. The zero-order chi connectivity index (χ0) is 17.7. The maximum absolute atomic E-state index is 12.1. The van der Waals surface area contributed by atoms with Crippen LogP contribution in [0.25, 0.3) is 0 Å². The zero-order valence-electron chi connectivity index (χ0n) is 13.6. The normalized spacial score (nSPS) is 11.7. The summed E-state index contributed by atoms with van der Waals surface area (Å²) in [6, 6.07) is 4.40. The van der Waals surface area contributed by atoms with Crippen molar-refractivity contribution in [2.45, 2.75) is 25.8 Å². The van der Waals surface area contributed by atoms with E-state index in [9.17, 15) is 9.00 Å². The fourth-order valence-electron chi connectivity index (χ4n) is 1.71. The highest BCUT2D eigenvalue weighted by molar-refractivity contribution is 7.80. The molecule has 0 radical (unpaired) electrons. The molecule has 1 atom stereocenters. The van der Waals surface area contributed by atoms with Crippen LogP contribution in [0.2, 0.25) is 0 Å². The second-order valence-corrected chi connectivity index (χ2v) is 5.85. The molecule has 0 saturated heterocycles. The first-order valence-corrected chi connectivity index (χ1v) is 7.96. The van der Waals surface area contributed by atoms with Crippen LogP contribution in [0.3, 0.4) is 0 Å². The first kappa shape index (κ1) is 17.8. The van der Waals surface area contributed by atoms with Gasteiger partial charge in [-0.05, 0) is 32.4 Å². The highest BCUT2D eigenvalue weighted by atomic mass is 32.2. The summed E-state index contributed by atoms with van der Waals surface area (Å²) in [6.07, 6.45) is 0. The molecule has 0 aromatic carbocycles. The molecule has 2 heterocycles. The van der Waals surface area contributed by atoms with Gasteiger partial charge in [0.15, 0.2) is 5.03 Å². The van der Waals surface area contributed by atoms with Crippen LogP contribution >= 0.6 is 0 Å². The number of methoxy groups -OCH3 is 1. The van der Waals surface area contributed by atoms with Gasteiger partial charge in [-0.3, -0.25) is 5.32 Å². The number of anilines is 1. The van der Waals surface area contributed by atoms with Crippen LogP contribution in [0.4, 0.5) is 10.7 Å². The predicted molar refractivity (Wildman–Crippen MR) is 86.7 cm³/mol. The van der Waals surface area contributed by atoms with Gasteiger partial charge in [0.25, 0.3) is 0 Å². The van der Waals surface area contributed by atoms with Gasteiger partial charge in [0, 0.05) is 17.5 Å². The summed E-state index contributed by atoms with van der Waals surface area (Å²) in [5.41, 5.74) is 4.01. The summed E-state index contributed by atoms with van der Waals surface area (Å²) in [7, 11) is 1.45. The summed E-state index contributed by atoms with van der Waals surface area (Å²) in [4.78, 5) is 23.9. The smallest absolute Gasteiger partial charge is 0.346 e. The first-order chi connectivity index (χ1) is 11.4. The Hall–Kier alpha value is -2.59. The van der Waals surface area contributed by atoms with Crippen LogP contribution in [0.1, 0.15) is 17.0 Å². The Balaban J connectivity index is 1.97. The van der Waals surface area contributed by atoms with Gasteiger partial charge in [-0.15, -0.1) is 0 Å². The fraction of sp³-hybridized carbons (Fsp3) is 0.286. The minimum absolute atomic E-state index is 0.0311. The van der Waals surface area contributed by atoms with Gasteiger partial charge in [0.1, 0.15) is 0 Å². The monoisotopic (exact) mass is 351 g/mol. The van der Waals surface area contributed by atoms with Crippen LogP contribution in [-0.4, -0.2) is 32.3 Å². The van der Waals surface area contributed by atoms with E-state index in [1.54, 1.807) is 39.0 Å². The number of nitrogens with zero attached hydrogens (tertiary/aromatic N) is 3. The Kier molecular flexibility index (Phi) is 5.77. The van der Waals surface area contributed by atoms with Crippen molar-refractivity contribution in [3.05, 3.63) is 35.2 Å². The number of amides is 2. The number of carbonyl (C=O) groups is 1. The number of hydrogen-bond donors (Lipinski definition) is 2. The van der Waals surface area contributed by atoms with E-state index in [0.717, 1.165) is 0 Å². The zero-order valence-corrected chi connectivity index (χ0v) is 14.4. The molecular weight excluding hydrogens is 334 g/mol. The Bertz CT molecular complexity index is 784. The van der Waals surface area contributed by atoms with Crippen molar-refractivity contribution in [1.82, 2.24) is 20.4 Å². The van der Waals surface area contributed by atoms with Gasteiger partial charge in [-0.2, -0.15) is 9.27 Å². The molecule has 10 heteroatoms. The molecule has 0 fully saturated rings. The molecular formula is C14H17N5O4S. The van der Waals surface area contributed by atoms with Crippen molar-refractivity contribution >= 4 is 23.1 Å². The van der Waals surface area contributed by atoms with Crippen LogP contribution in [-0.2, 0) is 15.4 Å². The van der Waals surface area contributed by atoms with Crippen molar-refractivity contribution in [1.29, 1.82) is 0 Å². The molecule has 9 nitrogen and oxygen atoms in total. The van der Waals surface area contributed by atoms with Crippen molar-refractivity contribution in [2.24, 2.45) is 0 Å². The molecule has 0 spiro atoms. The number of nitrogens with one attached hydrogen (secondary N) is 2. The van der Waals surface area contributed by atoms with Crippen molar-refractivity contribution in [2.75, 3.05) is 12.4 Å². The number of aromatic nitrogens is 3. The van der Waals surface area contributed by atoms with Gasteiger partial charge in [-0.25, -0.2) is 24.5 Å². The third-order valence-corrected chi connectivity index (χ3v) is 3.79. The number of carbonyl (C=O) groups excluding carboxylic acids is 1. The van der Waals surface area contributed by atoms with Gasteiger partial charge in [-0.1, -0.05) is 6.07 Å². The molecule has 0 saturated carbocycles. The van der Waals surface area contributed by atoms with Crippen LogP contribution in [0, 0.1) is 20.8 Å². The van der Waals surface area contributed by atoms with Crippen LogP contribution in [0.15, 0.2) is 23.2 Å². The SMILES string of the molecule is COc1cc(C)nc(NC(=O)NOS(=O)c2nc(C)ccc2C)n1. The van der Waals surface area contributed by atoms with E-state index in [0.29, 0.717) is 22.8 Å². The molecule has 2 amide bonds. The highest BCUT2D eigenvalue weighted by Crippen LogP contribution is 2.12. The average Bonchev–Trinajstić information content (AvgIpc) is 2.54. The Morgan fingerprint density at radius 3 is 2.58 bits per heavy atom. The lowest BCUT2D eigenvalue weighted by Crippen LogP contribution is -2.30. The van der Waals surface area contributed by atoms with E-state index in [2.05, 4.69) is 20.3 Å². The quantitative estimate of drug-likeness (QED) is 0.786. The van der Waals surface area contributed by atoms with E-state index in [-0.39, 0.29) is 11.0 Å². The van der Waals surface area contributed by atoms with Crippen molar-refractivity contribution in [3.8, 4) is 5.88 Å². The third-order valence-electron chi connectivity index (χ3n) is 2.82. The molecule has 0 aliphatic carbocycles. The number of rotatable bonds is 5. The molecule has 2 rings (SSSR count). The lowest BCUT2D eigenvalue weighted by Gasteiger charge is -2.08.